The number of carbonyl (C=O) groups is 3. The predicted molar refractivity (Wildman–Crippen MR) is 82.9 cm³/mol. The average Bonchev–Trinajstić information content (AvgIpc) is 3.18. The number of nitrogens with zero attached hydrogens (tertiary/aromatic N) is 1. The standard InChI is InChI=1S/C18H12N2O4/c21-15-11-8-4-5-9-12(11)20-18(15,10-6-2-1-3-7-10)13-14(24-20)17(23)19-16(13)22/h1-9,13-14H,(H,19,22,23)/t13-,14+,18-/m1/s1. The monoisotopic (exact) mass is 320 g/mol. The second-order valence-electron chi connectivity index (χ2n) is 6.13. The first-order valence-electron chi connectivity index (χ1n) is 7.67. The van der Waals surface area contributed by atoms with Gasteiger partial charge in [0.05, 0.1) is 5.69 Å². The molecule has 0 spiro atoms. The van der Waals surface area contributed by atoms with Crippen LogP contribution in [0.1, 0.15) is 15.9 Å². The van der Waals surface area contributed by atoms with Gasteiger partial charge in [0.25, 0.3) is 5.91 Å². The van der Waals surface area contributed by atoms with Crippen molar-refractivity contribution in [1.82, 2.24) is 5.32 Å². The molecule has 2 amide bonds. The van der Waals surface area contributed by atoms with E-state index in [2.05, 4.69) is 5.32 Å². The summed E-state index contributed by atoms with van der Waals surface area (Å²) in [6.45, 7) is 0. The minimum Gasteiger partial charge on any atom is -0.294 e. The molecular weight excluding hydrogens is 308 g/mol. The highest BCUT2D eigenvalue weighted by Crippen LogP contribution is 2.56. The zero-order chi connectivity index (χ0) is 16.5. The summed E-state index contributed by atoms with van der Waals surface area (Å²) in [6.07, 6.45) is -0.991. The van der Waals surface area contributed by atoms with Crippen molar-refractivity contribution in [3.8, 4) is 0 Å². The van der Waals surface area contributed by atoms with E-state index in [9.17, 15) is 14.4 Å². The van der Waals surface area contributed by atoms with Gasteiger partial charge in [0.15, 0.2) is 17.4 Å². The van der Waals surface area contributed by atoms with Gasteiger partial charge in [-0.25, -0.2) is 5.06 Å². The summed E-state index contributed by atoms with van der Waals surface area (Å²) in [5, 5.41) is 3.76. The fraction of sp³-hybridized carbons (Fsp3) is 0.167. The predicted octanol–water partition coefficient (Wildman–Crippen LogP) is 1.17. The van der Waals surface area contributed by atoms with E-state index in [-0.39, 0.29) is 5.78 Å². The molecule has 2 aromatic rings. The summed E-state index contributed by atoms with van der Waals surface area (Å²) in [4.78, 5) is 43.8. The first-order valence-corrected chi connectivity index (χ1v) is 7.67. The third-order valence-corrected chi connectivity index (χ3v) is 5.01. The highest BCUT2D eigenvalue weighted by atomic mass is 16.7. The van der Waals surface area contributed by atoms with Gasteiger partial charge in [0.1, 0.15) is 5.92 Å². The lowest BCUT2D eigenvalue weighted by Gasteiger charge is -2.33. The number of anilines is 1. The van der Waals surface area contributed by atoms with E-state index >= 15 is 0 Å². The van der Waals surface area contributed by atoms with Crippen molar-refractivity contribution in [2.75, 3.05) is 5.06 Å². The Kier molecular flexibility index (Phi) is 2.41. The molecule has 3 heterocycles. The summed E-state index contributed by atoms with van der Waals surface area (Å²) in [5.41, 5.74) is 0.378. The molecule has 0 radical (unpaired) electrons. The third kappa shape index (κ3) is 1.33. The summed E-state index contributed by atoms with van der Waals surface area (Å²) in [6, 6.07) is 16.1. The highest BCUT2D eigenvalue weighted by molar-refractivity contribution is 6.20. The zero-order valence-corrected chi connectivity index (χ0v) is 12.4. The second-order valence-corrected chi connectivity index (χ2v) is 6.13. The Hall–Kier alpha value is -2.99. The van der Waals surface area contributed by atoms with Crippen molar-refractivity contribution in [3.63, 3.8) is 0 Å². The van der Waals surface area contributed by atoms with Gasteiger partial charge in [-0.2, -0.15) is 0 Å². The molecule has 3 aliphatic heterocycles. The molecule has 0 saturated carbocycles. The van der Waals surface area contributed by atoms with E-state index in [0.29, 0.717) is 16.8 Å². The van der Waals surface area contributed by atoms with Crippen LogP contribution in [0.2, 0.25) is 0 Å². The van der Waals surface area contributed by atoms with Crippen LogP contribution in [0.4, 0.5) is 5.69 Å². The Morgan fingerprint density at radius 1 is 0.917 bits per heavy atom. The van der Waals surface area contributed by atoms with Crippen LogP contribution in [0.15, 0.2) is 54.6 Å². The fourth-order valence-corrected chi connectivity index (χ4v) is 4.05. The molecule has 0 aromatic heterocycles. The Bertz CT molecular complexity index is 910. The van der Waals surface area contributed by atoms with Crippen LogP contribution >= 0.6 is 0 Å². The van der Waals surface area contributed by atoms with Crippen molar-refractivity contribution in [3.05, 3.63) is 65.7 Å². The number of benzene rings is 2. The van der Waals surface area contributed by atoms with Crippen LogP contribution in [0.5, 0.6) is 0 Å². The van der Waals surface area contributed by atoms with Gasteiger partial charge in [-0.1, -0.05) is 42.5 Å². The van der Waals surface area contributed by atoms with Crippen molar-refractivity contribution in [2.24, 2.45) is 5.92 Å². The zero-order valence-electron chi connectivity index (χ0n) is 12.4. The number of fused-ring (bicyclic) bond motifs is 5. The maximum atomic E-state index is 13.4. The molecule has 5 rings (SSSR count). The number of para-hydroxylation sites is 1. The van der Waals surface area contributed by atoms with Gasteiger partial charge in [0.2, 0.25) is 5.91 Å². The molecule has 2 saturated heterocycles. The summed E-state index contributed by atoms with van der Waals surface area (Å²) >= 11 is 0. The number of Topliss-reactive ketones (excluding diaryl/α,β-unsaturated/α-hetero) is 1. The maximum absolute atomic E-state index is 13.4. The summed E-state index contributed by atoms with van der Waals surface area (Å²) in [7, 11) is 0. The molecule has 1 N–H and O–H groups in total. The van der Waals surface area contributed by atoms with Crippen LogP contribution in [0.25, 0.3) is 0 Å². The van der Waals surface area contributed by atoms with E-state index in [1.165, 1.54) is 5.06 Å². The summed E-state index contributed by atoms with van der Waals surface area (Å²) < 4.78 is 0. The first kappa shape index (κ1) is 13.4. The minimum atomic E-state index is -1.34. The van der Waals surface area contributed by atoms with Crippen LogP contribution in [0.3, 0.4) is 0 Å². The lowest BCUT2D eigenvalue weighted by atomic mass is 9.74. The molecule has 24 heavy (non-hydrogen) atoms. The molecule has 6 heteroatoms. The van der Waals surface area contributed by atoms with E-state index < -0.39 is 29.4 Å². The van der Waals surface area contributed by atoms with Gasteiger partial charge >= 0.3 is 0 Å². The fourth-order valence-electron chi connectivity index (χ4n) is 4.05. The van der Waals surface area contributed by atoms with Crippen LogP contribution in [0, 0.1) is 5.92 Å². The lowest BCUT2D eigenvalue weighted by Crippen LogP contribution is -2.50. The van der Waals surface area contributed by atoms with Gasteiger partial charge in [-0.15, -0.1) is 0 Å². The van der Waals surface area contributed by atoms with E-state index in [4.69, 9.17) is 4.84 Å². The Labute approximate surface area is 137 Å². The number of rotatable bonds is 1. The van der Waals surface area contributed by atoms with Crippen LogP contribution < -0.4 is 10.4 Å². The number of nitrogens with one attached hydrogen (secondary N) is 1. The van der Waals surface area contributed by atoms with Gasteiger partial charge in [0, 0.05) is 5.56 Å². The normalized spacial score (nSPS) is 30.2. The van der Waals surface area contributed by atoms with Crippen LogP contribution in [-0.2, 0) is 20.0 Å². The second kappa shape index (κ2) is 4.30. The van der Waals surface area contributed by atoms with Crippen molar-refractivity contribution < 1.29 is 19.2 Å². The number of hydrogen-bond acceptors (Lipinski definition) is 5. The number of hydroxylamine groups is 1. The van der Waals surface area contributed by atoms with Crippen molar-refractivity contribution in [2.45, 2.75) is 11.6 Å². The molecule has 118 valence electrons. The minimum absolute atomic E-state index is 0.221. The first-order chi connectivity index (χ1) is 11.7. The molecule has 6 nitrogen and oxygen atoms in total. The molecule has 3 aliphatic rings. The van der Waals surface area contributed by atoms with Gasteiger partial charge in [-0.05, 0) is 17.7 Å². The third-order valence-electron chi connectivity index (χ3n) is 5.01. The van der Waals surface area contributed by atoms with E-state index in [1.807, 2.05) is 6.07 Å². The molecule has 0 unspecified atom stereocenters. The Morgan fingerprint density at radius 2 is 1.62 bits per heavy atom. The number of imide groups is 1. The van der Waals surface area contributed by atoms with E-state index in [1.54, 1.807) is 48.5 Å². The topological polar surface area (TPSA) is 75.7 Å². The Morgan fingerprint density at radius 3 is 2.42 bits per heavy atom. The van der Waals surface area contributed by atoms with Gasteiger partial charge < -0.3 is 0 Å². The average molecular weight is 320 g/mol. The molecular formula is C18H12N2O4. The SMILES string of the molecule is O=C1NC(=O)[C@H]2[C@@H]1ON1c3ccccc3C(=O)[C@@]21c1ccccc1. The van der Waals surface area contributed by atoms with E-state index in [0.717, 1.165) is 0 Å². The smallest absolute Gasteiger partial charge is 0.259 e. The van der Waals surface area contributed by atoms with Gasteiger partial charge in [-0.3, -0.25) is 24.5 Å². The van der Waals surface area contributed by atoms with Crippen molar-refractivity contribution >= 4 is 23.3 Å². The van der Waals surface area contributed by atoms with Crippen LogP contribution in [-0.4, -0.2) is 23.7 Å². The Balaban J connectivity index is 1.83. The molecule has 0 bridgehead atoms. The maximum Gasteiger partial charge on any atom is 0.259 e. The number of ketones is 1. The molecule has 0 aliphatic carbocycles. The van der Waals surface area contributed by atoms with Crippen molar-refractivity contribution in [1.29, 1.82) is 0 Å². The quantitative estimate of drug-likeness (QED) is 0.798. The number of carbonyl (C=O) groups excluding carboxylic acids is 3. The number of amides is 2. The highest BCUT2D eigenvalue weighted by Gasteiger charge is 2.71. The largest absolute Gasteiger partial charge is 0.294 e. The molecule has 3 atom stereocenters. The summed E-state index contributed by atoms with van der Waals surface area (Å²) in [5.74, 6) is -2.11. The number of hydrogen-bond donors (Lipinski definition) is 1. The lowest BCUT2D eigenvalue weighted by molar-refractivity contribution is -0.129. The molecule has 2 fully saturated rings. The molecule has 2 aromatic carbocycles.